The molecule has 2 heterocycles. The number of ether oxygens (including phenoxy) is 2. The first-order chi connectivity index (χ1) is 15.4. The summed E-state index contributed by atoms with van der Waals surface area (Å²) in [5.74, 6) is -0.246. The van der Waals surface area contributed by atoms with Crippen molar-refractivity contribution < 1.29 is 24.5 Å². The molecule has 0 unspecified atom stereocenters. The Balaban J connectivity index is 0.00000171. The van der Waals surface area contributed by atoms with E-state index in [1.54, 1.807) is 12.1 Å². The fraction of sp³-hybridized carbons (Fsp3) is 0.0500. The van der Waals surface area contributed by atoms with E-state index in [0.717, 1.165) is 0 Å². The van der Waals surface area contributed by atoms with Crippen LogP contribution >= 0.6 is 137 Å². The van der Waals surface area contributed by atoms with E-state index in [4.69, 9.17) is 55.9 Å². The van der Waals surface area contributed by atoms with Gasteiger partial charge in [0.2, 0.25) is 0 Å². The molecule has 5 rings (SSSR count). The summed E-state index contributed by atoms with van der Waals surface area (Å²) in [6.45, 7) is 0. The quantitative estimate of drug-likeness (QED) is 0.0809. The number of esters is 1. The van der Waals surface area contributed by atoms with Crippen LogP contribution < -0.4 is 4.74 Å². The second kappa shape index (κ2) is 11.5. The maximum atomic E-state index is 13.3. The standard InChI is InChI=1S/C20H4Cl4I4O5.2Na.2H/c21-9-7-8(10(22)12(24)11(9)23)20(33-19(7)31)3-1-5(25)15(29)13(27)17(3)32-18-4(20)2-6(26)16(30)14(18)28;;;;/h1-2,29-30H;;;;. The SMILES string of the molecule is O=C1OC2(c3cc(I)c(O)c(I)c3Oc3c2cc(I)c(O)c3I)c2c(Cl)c(Cl)c(Cl)c(Cl)c21.[NaH].[NaH]. The van der Waals surface area contributed by atoms with Crippen molar-refractivity contribution in [1.29, 1.82) is 0 Å². The Labute approximate surface area is 317 Å². The van der Waals surface area contributed by atoms with Gasteiger partial charge in [0.05, 0.1) is 51.1 Å². The van der Waals surface area contributed by atoms with Crippen molar-refractivity contribution in [3.63, 3.8) is 0 Å². The number of phenols is 2. The van der Waals surface area contributed by atoms with E-state index in [2.05, 4.69) is 0 Å². The first kappa shape index (κ1) is 32.1. The molecule has 1 spiro atoms. The molecule has 0 aromatic heterocycles. The Morgan fingerprint density at radius 1 is 0.743 bits per heavy atom. The van der Waals surface area contributed by atoms with Crippen molar-refractivity contribution in [2.45, 2.75) is 5.60 Å². The molecule has 0 radical (unpaired) electrons. The van der Waals surface area contributed by atoms with Gasteiger partial charge in [0, 0.05) is 5.56 Å². The average Bonchev–Trinajstić information content (AvgIpc) is 3.08. The van der Waals surface area contributed by atoms with Crippen molar-refractivity contribution in [3.8, 4) is 23.0 Å². The molecule has 2 aliphatic heterocycles. The minimum atomic E-state index is -1.62. The number of carbonyl (C=O) groups is 1. The van der Waals surface area contributed by atoms with E-state index in [1.165, 1.54) is 0 Å². The number of aromatic hydroxyl groups is 2. The van der Waals surface area contributed by atoms with Crippen LogP contribution in [0.3, 0.4) is 0 Å². The van der Waals surface area contributed by atoms with Gasteiger partial charge in [-0.3, -0.25) is 0 Å². The Morgan fingerprint density at radius 3 is 1.63 bits per heavy atom. The van der Waals surface area contributed by atoms with Gasteiger partial charge in [0.25, 0.3) is 0 Å². The number of hydrogen-bond donors (Lipinski definition) is 2. The van der Waals surface area contributed by atoms with E-state index in [-0.39, 0.29) is 113 Å². The summed E-state index contributed by atoms with van der Waals surface area (Å²) in [7, 11) is 0. The zero-order valence-electron chi connectivity index (χ0n) is 15.3. The maximum absolute atomic E-state index is 13.3. The van der Waals surface area contributed by atoms with Gasteiger partial charge in [0.1, 0.15) is 11.5 Å². The summed E-state index contributed by atoms with van der Waals surface area (Å²) in [5, 5.41) is 21.0. The molecule has 0 saturated heterocycles. The van der Waals surface area contributed by atoms with Crippen LogP contribution in [0.2, 0.25) is 20.1 Å². The first-order valence-corrected chi connectivity index (χ1v) is 14.5. The molecule has 0 fully saturated rings. The molecule has 2 aliphatic rings. The predicted molar refractivity (Wildman–Crippen MR) is 173 cm³/mol. The molecule has 2 N–H and O–H groups in total. The molecule has 174 valence electrons. The Kier molecular flexibility index (Phi) is 10.5. The molecule has 15 heteroatoms. The third kappa shape index (κ3) is 4.60. The van der Waals surface area contributed by atoms with E-state index in [0.29, 0.717) is 25.4 Å². The number of rotatable bonds is 0. The Hall–Kier alpha value is 2.61. The molecule has 3 aromatic rings. The van der Waals surface area contributed by atoms with Crippen LogP contribution in [0.4, 0.5) is 0 Å². The monoisotopic (exact) mass is 1020 g/mol. The molecule has 5 nitrogen and oxygen atoms in total. The number of fused-ring (bicyclic) bond motifs is 6. The zero-order valence-corrected chi connectivity index (χ0v) is 27.0. The summed E-state index contributed by atoms with van der Waals surface area (Å²) in [6.07, 6.45) is 0. The molecule has 35 heavy (non-hydrogen) atoms. The van der Waals surface area contributed by atoms with Gasteiger partial charge in [-0.15, -0.1) is 0 Å². The molecular formula is C20H6Cl4I4Na2O5. The van der Waals surface area contributed by atoms with Crippen molar-refractivity contribution in [1.82, 2.24) is 0 Å². The number of carbonyl (C=O) groups excluding carboxylic acids is 1. The van der Waals surface area contributed by atoms with E-state index < -0.39 is 11.6 Å². The van der Waals surface area contributed by atoms with Gasteiger partial charge < -0.3 is 19.7 Å². The van der Waals surface area contributed by atoms with Crippen LogP contribution in [0.5, 0.6) is 23.0 Å². The van der Waals surface area contributed by atoms with Crippen LogP contribution in [0, 0.1) is 14.3 Å². The molecule has 0 amide bonds. The van der Waals surface area contributed by atoms with Crippen LogP contribution in [0.1, 0.15) is 27.0 Å². The first-order valence-electron chi connectivity index (χ1n) is 8.63. The number of hydrogen-bond acceptors (Lipinski definition) is 5. The summed E-state index contributed by atoms with van der Waals surface area (Å²) >= 11 is 33.7. The second-order valence-corrected chi connectivity index (χ2v) is 13.0. The number of phenolic OH excluding ortho intramolecular Hbond substituents is 2. The van der Waals surface area contributed by atoms with Crippen LogP contribution in [0.25, 0.3) is 0 Å². The van der Waals surface area contributed by atoms with Gasteiger partial charge >= 0.3 is 65.1 Å². The van der Waals surface area contributed by atoms with E-state index in [1.807, 2.05) is 90.4 Å². The Morgan fingerprint density at radius 2 is 1.17 bits per heavy atom. The van der Waals surface area contributed by atoms with Gasteiger partial charge in [0.15, 0.2) is 17.1 Å². The summed E-state index contributed by atoms with van der Waals surface area (Å²) in [5.41, 5.74) is -0.574. The fourth-order valence-corrected chi connectivity index (χ4v) is 8.57. The molecule has 3 aromatic carbocycles. The van der Waals surface area contributed by atoms with Crippen molar-refractivity contribution in [3.05, 3.63) is 68.8 Å². The van der Waals surface area contributed by atoms with Gasteiger partial charge in [-0.2, -0.15) is 0 Å². The topological polar surface area (TPSA) is 76.0 Å². The second-order valence-electron chi connectivity index (χ2n) is 6.97. The van der Waals surface area contributed by atoms with Crippen molar-refractivity contribution in [2.24, 2.45) is 0 Å². The third-order valence-corrected chi connectivity index (χ3v) is 10.8. The van der Waals surface area contributed by atoms with Gasteiger partial charge in [-0.25, -0.2) is 4.79 Å². The van der Waals surface area contributed by atoms with Crippen molar-refractivity contribution in [2.75, 3.05) is 0 Å². The number of benzene rings is 3. The molecular weight excluding hydrogens is 1020 g/mol. The molecule has 0 atom stereocenters. The fourth-order valence-electron chi connectivity index (χ4n) is 3.93. The van der Waals surface area contributed by atoms with Gasteiger partial charge in [-0.1, -0.05) is 46.4 Å². The third-order valence-electron chi connectivity index (χ3n) is 5.33. The molecule has 0 aliphatic carbocycles. The summed E-state index contributed by atoms with van der Waals surface area (Å²) in [4.78, 5) is 13.3. The van der Waals surface area contributed by atoms with Crippen LogP contribution in [0.15, 0.2) is 12.1 Å². The molecule has 0 bridgehead atoms. The molecule has 0 saturated carbocycles. The number of halogens is 8. The van der Waals surface area contributed by atoms with E-state index in [9.17, 15) is 15.0 Å². The zero-order chi connectivity index (χ0) is 24.1. The average molecular weight is 1020 g/mol. The normalized spacial score (nSPS) is 14.2. The Bertz CT molecular complexity index is 1410. The summed E-state index contributed by atoms with van der Waals surface area (Å²) in [6, 6.07) is 3.30. The summed E-state index contributed by atoms with van der Waals surface area (Å²) < 4.78 is 14.1. The predicted octanol–water partition coefficient (Wildman–Crippen LogP) is 7.40. The van der Waals surface area contributed by atoms with Crippen LogP contribution in [-0.4, -0.2) is 75.3 Å². The minimum absolute atomic E-state index is 0. The van der Waals surface area contributed by atoms with Crippen molar-refractivity contribution >= 4 is 202 Å². The van der Waals surface area contributed by atoms with Crippen LogP contribution in [-0.2, 0) is 10.3 Å². The van der Waals surface area contributed by atoms with Gasteiger partial charge in [-0.05, 0) is 102 Å². The van der Waals surface area contributed by atoms with E-state index >= 15 is 0 Å².